The van der Waals surface area contributed by atoms with Crippen LogP contribution in [-0.4, -0.2) is 29.0 Å². The van der Waals surface area contributed by atoms with Crippen molar-refractivity contribution in [2.75, 3.05) is 13.2 Å². The van der Waals surface area contributed by atoms with Crippen molar-refractivity contribution in [2.24, 2.45) is 5.92 Å². The maximum absolute atomic E-state index is 5.56. The predicted molar refractivity (Wildman–Crippen MR) is 67.7 cm³/mol. The van der Waals surface area contributed by atoms with Crippen molar-refractivity contribution in [3.05, 3.63) is 18.0 Å². The molecule has 0 saturated carbocycles. The molecule has 0 radical (unpaired) electrons. The summed E-state index contributed by atoms with van der Waals surface area (Å²) in [6.45, 7) is 8.22. The summed E-state index contributed by atoms with van der Waals surface area (Å²) in [5.41, 5.74) is 1.28. The zero-order valence-electron chi connectivity index (χ0n) is 10.9. The molecule has 1 aliphatic heterocycles. The lowest BCUT2D eigenvalue weighted by atomic mass is 10.0. The Labute approximate surface area is 103 Å². The maximum Gasteiger partial charge on any atom is 0.0588 e. The molecule has 2 unspecified atom stereocenters. The SMILES string of the molecule is CCCn1nccc1CNCC1CCOC1C. The van der Waals surface area contributed by atoms with Crippen LogP contribution in [0.2, 0.25) is 0 Å². The van der Waals surface area contributed by atoms with Crippen LogP contribution in [0.4, 0.5) is 0 Å². The highest BCUT2D eigenvalue weighted by Crippen LogP contribution is 2.19. The molecule has 96 valence electrons. The highest BCUT2D eigenvalue weighted by atomic mass is 16.5. The molecular formula is C13H23N3O. The van der Waals surface area contributed by atoms with E-state index in [0.717, 1.165) is 32.7 Å². The van der Waals surface area contributed by atoms with E-state index in [2.05, 4.69) is 35.0 Å². The number of nitrogens with zero attached hydrogens (tertiary/aromatic N) is 2. The quantitative estimate of drug-likeness (QED) is 0.820. The molecule has 0 amide bonds. The van der Waals surface area contributed by atoms with Gasteiger partial charge in [-0.15, -0.1) is 0 Å². The third-order valence-electron chi connectivity index (χ3n) is 3.49. The first-order valence-electron chi connectivity index (χ1n) is 6.64. The van der Waals surface area contributed by atoms with Crippen LogP contribution >= 0.6 is 0 Å². The molecule has 1 aromatic heterocycles. The molecule has 0 aromatic carbocycles. The number of hydrogen-bond acceptors (Lipinski definition) is 3. The van der Waals surface area contributed by atoms with Crippen LogP contribution in [0.25, 0.3) is 0 Å². The summed E-state index contributed by atoms with van der Waals surface area (Å²) in [6.07, 6.45) is 4.60. The summed E-state index contributed by atoms with van der Waals surface area (Å²) in [6, 6.07) is 2.09. The van der Waals surface area contributed by atoms with Gasteiger partial charge in [0.25, 0.3) is 0 Å². The van der Waals surface area contributed by atoms with Crippen LogP contribution in [0, 0.1) is 5.92 Å². The first kappa shape index (κ1) is 12.6. The lowest BCUT2D eigenvalue weighted by Gasteiger charge is -2.15. The fourth-order valence-corrected chi connectivity index (χ4v) is 2.35. The highest BCUT2D eigenvalue weighted by Gasteiger charge is 2.23. The Morgan fingerprint density at radius 1 is 1.59 bits per heavy atom. The van der Waals surface area contributed by atoms with Crippen molar-refractivity contribution in [3.8, 4) is 0 Å². The summed E-state index contributed by atoms with van der Waals surface area (Å²) in [5.74, 6) is 0.664. The zero-order chi connectivity index (χ0) is 12.1. The minimum Gasteiger partial charge on any atom is -0.378 e. The minimum absolute atomic E-state index is 0.406. The van der Waals surface area contributed by atoms with Crippen LogP contribution in [0.3, 0.4) is 0 Å². The normalized spacial score (nSPS) is 24.4. The van der Waals surface area contributed by atoms with Crippen molar-refractivity contribution >= 4 is 0 Å². The topological polar surface area (TPSA) is 39.1 Å². The Kier molecular flexibility index (Phi) is 4.57. The fourth-order valence-electron chi connectivity index (χ4n) is 2.35. The first-order chi connectivity index (χ1) is 8.31. The van der Waals surface area contributed by atoms with Crippen molar-refractivity contribution in [2.45, 2.75) is 45.9 Å². The standard InChI is InChI=1S/C13H23N3O/c1-3-7-16-13(4-6-15-16)10-14-9-12-5-8-17-11(12)2/h4,6,11-12,14H,3,5,7-10H2,1-2H3. The predicted octanol–water partition coefficient (Wildman–Crippen LogP) is 1.81. The molecule has 1 aliphatic rings. The third-order valence-corrected chi connectivity index (χ3v) is 3.49. The average molecular weight is 237 g/mol. The van der Waals surface area contributed by atoms with Gasteiger partial charge in [0.2, 0.25) is 0 Å². The van der Waals surface area contributed by atoms with Gasteiger partial charge in [0.05, 0.1) is 11.8 Å². The smallest absolute Gasteiger partial charge is 0.0588 e. The van der Waals surface area contributed by atoms with Gasteiger partial charge in [-0.3, -0.25) is 4.68 Å². The van der Waals surface area contributed by atoms with Gasteiger partial charge in [0.1, 0.15) is 0 Å². The van der Waals surface area contributed by atoms with Gasteiger partial charge >= 0.3 is 0 Å². The molecule has 4 heteroatoms. The monoisotopic (exact) mass is 237 g/mol. The second-order valence-corrected chi connectivity index (χ2v) is 4.80. The molecule has 0 bridgehead atoms. The molecule has 1 saturated heterocycles. The number of ether oxygens (including phenoxy) is 1. The van der Waals surface area contributed by atoms with E-state index in [1.807, 2.05) is 6.20 Å². The Morgan fingerprint density at radius 2 is 2.47 bits per heavy atom. The molecule has 0 spiro atoms. The Balaban J connectivity index is 1.75. The molecule has 1 fully saturated rings. The van der Waals surface area contributed by atoms with Crippen LogP contribution in [0.15, 0.2) is 12.3 Å². The Morgan fingerprint density at radius 3 is 3.18 bits per heavy atom. The van der Waals surface area contributed by atoms with E-state index in [-0.39, 0.29) is 0 Å². The van der Waals surface area contributed by atoms with E-state index in [1.165, 1.54) is 12.1 Å². The van der Waals surface area contributed by atoms with E-state index in [9.17, 15) is 0 Å². The second kappa shape index (κ2) is 6.17. The van der Waals surface area contributed by atoms with Crippen molar-refractivity contribution < 1.29 is 4.74 Å². The lowest BCUT2D eigenvalue weighted by molar-refractivity contribution is 0.105. The molecular weight excluding hydrogens is 214 g/mol. The second-order valence-electron chi connectivity index (χ2n) is 4.80. The van der Waals surface area contributed by atoms with E-state index < -0.39 is 0 Å². The Hall–Kier alpha value is -0.870. The van der Waals surface area contributed by atoms with Gasteiger partial charge in [0, 0.05) is 32.4 Å². The molecule has 1 N–H and O–H groups in total. The van der Waals surface area contributed by atoms with E-state index in [0.29, 0.717) is 12.0 Å². The van der Waals surface area contributed by atoms with Gasteiger partial charge in [-0.05, 0) is 31.7 Å². The Bertz CT molecular complexity index is 337. The summed E-state index contributed by atoms with van der Waals surface area (Å²) in [4.78, 5) is 0. The summed E-state index contributed by atoms with van der Waals surface area (Å²) in [7, 11) is 0. The molecule has 4 nitrogen and oxygen atoms in total. The van der Waals surface area contributed by atoms with Crippen LogP contribution in [-0.2, 0) is 17.8 Å². The molecule has 0 aliphatic carbocycles. The van der Waals surface area contributed by atoms with Gasteiger partial charge in [0.15, 0.2) is 0 Å². The van der Waals surface area contributed by atoms with Crippen molar-refractivity contribution in [1.29, 1.82) is 0 Å². The number of rotatable bonds is 6. The number of aryl methyl sites for hydroxylation is 1. The lowest BCUT2D eigenvalue weighted by Crippen LogP contribution is -2.27. The van der Waals surface area contributed by atoms with E-state index in [1.54, 1.807) is 0 Å². The van der Waals surface area contributed by atoms with Gasteiger partial charge in [-0.25, -0.2) is 0 Å². The molecule has 17 heavy (non-hydrogen) atoms. The molecule has 2 atom stereocenters. The summed E-state index contributed by atoms with van der Waals surface area (Å²) < 4.78 is 7.64. The first-order valence-corrected chi connectivity index (χ1v) is 6.64. The third kappa shape index (κ3) is 3.30. The van der Waals surface area contributed by atoms with Gasteiger partial charge in [-0.2, -0.15) is 5.10 Å². The van der Waals surface area contributed by atoms with Crippen molar-refractivity contribution in [1.82, 2.24) is 15.1 Å². The van der Waals surface area contributed by atoms with Crippen LogP contribution < -0.4 is 5.32 Å². The van der Waals surface area contributed by atoms with Gasteiger partial charge < -0.3 is 10.1 Å². The summed E-state index contributed by atoms with van der Waals surface area (Å²) >= 11 is 0. The van der Waals surface area contributed by atoms with Gasteiger partial charge in [-0.1, -0.05) is 6.92 Å². The largest absolute Gasteiger partial charge is 0.378 e. The maximum atomic E-state index is 5.56. The molecule has 1 aromatic rings. The zero-order valence-corrected chi connectivity index (χ0v) is 10.9. The average Bonchev–Trinajstić information content (AvgIpc) is 2.90. The van der Waals surface area contributed by atoms with Crippen LogP contribution in [0.1, 0.15) is 32.4 Å². The highest BCUT2D eigenvalue weighted by molar-refractivity contribution is 5.00. The number of aromatic nitrogens is 2. The number of hydrogen-bond donors (Lipinski definition) is 1. The van der Waals surface area contributed by atoms with Crippen LogP contribution in [0.5, 0.6) is 0 Å². The molecule has 2 rings (SSSR count). The van der Waals surface area contributed by atoms with E-state index >= 15 is 0 Å². The fraction of sp³-hybridized carbons (Fsp3) is 0.769. The molecule has 2 heterocycles. The minimum atomic E-state index is 0.406. The van der Waals surface area contributed by atoms with E-state index in [4.69, 9.17) is 4.74 Å². The number of nitrogens with one attached hydrogen (secondary N) is 1. The summed E-state index contributed by atoms with van der Waals surface area (Å²) in [5, 5.41) is 7.84. The van der Waals surface area contributed by atoms with Crippen molar-refractivity contribution in [3.63, 3.8) is 0 Å².